The molecule has 2 aromatic carbocycles. The fourth-order valence-corrected chi connectivity index (χ4v) is 2.88. The van der Waals surface area contributed by atoms with Crippen molar-refractivity contribution < 1.29 is 9.59 Å². The Morgan fingerprint density at radius 2 is 1.73 bits per heavy atom. The molecule has 1 aliphatic carbocycles. The molecule has 0 radical (unpaired) electrons. The van der Waals surface area contributed by atoms with Crippen LogP contribution in [-0.2, 0) is 11.3 Å². The minimum atomic E-state index is -0.164. The molecule has 3 rings (SSSR count). The van der Waals surface area contributed by atoms with E-state index in [0.29, 0.717) is 18.0 Å². The summed E-state index contributed by atoms with van der Waals surface area (Å²) in [5.74, 6) is 0.503. The number of amides is 2. The Kier molecular flexibility index (Phi) is 5.68. The van der Waals surface area contributed by atoms with Crippen molar-refractivity contribution in [2.75, 3.05) is 17.2 Å². The van der Waals surface area contributed by atoms with Crippen LogP contribution in [0.25, 0.3) is 0 Å². The molecule has 5 nitrogen and oxygen atoms in total. The number of anilines is 2. The van der Waals surface area contributed by atoms with Crippen molar-refractivity contribution in [3.63, 3.8) is 0 Å². The van der Waals surface area contributed by atoms with Crippen molar-refractivity contribution in [1.82, 2.24) is 5.32 Å². The summed E-state index contributed by atoms with van der Waals surface area (Å²) in [6, 6.07) is 14.8. The Labute approximate surface area is 154 Å². The van der Waals surface area contributed by atoms with E-state index in [1.54, 1.807) is 24.3 Å². The lowest BCUT2D eigenvalue weighted by Gasteiger charge is -2.12. The summed E-state index contributed by atoms with van der Waals surface area (Å²) in [5.41, 5.74) is 3.13. The third kappa shape index (κ3) is 4.49. The van der Waals surface area contributed by atoms with Gasteiger partial charge in [0.05, 0.1) is 0 Å². The van der Waals surface area contributed by atoms with Gasteiger partial charge in [0.2, 0.25) is 5.91 Å². The Hall–Kier alpha value is -2.66. The van der Waals surface area contributed by atoms with Gasteiger partial charge in [0.1, 0.15) is 0 Å². The molecule has 2 atom stereocenters. The fraction of sp³-hybridized carbons (Fsp3) is 0.333. The van der Waals surface area contributed by atoms with Gasteiger partial charge in [-0.1, -0.05) is 32.0 Å². The molecule has 0 aromatic heterocycles. The average Bonchev–Trinajstić information content (AvgIpc) is 3.38. The highest BCUT2D eigenvalue weighted by Gasteiger charge is 2.39. The molecule has 2 aromatic rings. The molecular formula is C21H25N3O2. The van der Waals surface area contributed by atoms with E-state index >= 15 is 0 Å². The van der Waals surface area contributed by atoms with Crippen molar-refractivity contribution >= 4 is 23.2 Å². The van der Waals surface area contributed by atoms with E-state index < -0.39 is 0 Å². The molecule has 3 N–H and O–H groups in total. The molecule has 1 aliphatic rings. The summed E-state index contributed by atoms with van der Waals surface area (Å²) in [5, 5.41) is 9.14. The number of hydrogen-bond donors (Lipinski definition) is 3. The zero-order chi connectivity index (χ0) is 18.5. The van der Waals surface area contributed by atoms with Gasteiger partial charge >= 0.3 is 0 Å². The maximum atomic E-state index is 12.5. The molecule has 136 valence electrons. The van der Waals surface area contributed by atoms with E-state index in [0.717, 1.165) is 29.9 Å². The van der Waals surface area contributed by atoms with Crippen molar-refractivity contribution in [2.24, 2.45) is 11.8 Å². The van der Waals surface area contributed by atoms with Crippen LogP contribution >= 0.6 is 0 Å². The maximum absolute atomic E-state index is 12.5. The maximum Gasteiger partial charge on any atom is 0.255 e. The summed E-state index contributed by atoms with van der Waals surface area (Å²) in [4.78, 5) is 24.5. The van der Waals surface area contributed by atoms with Crippen LogP contribution in [0.2, 0.25) is 0 Å². The second-order valence-electron chi connectivity index (χ2n) is 6.78. The summed E-state index contributed by atoms with van der Waals surface area (Å²) in [7, 11) is 0. The smallest absolute Gasteiger partial charge is 0.255 e. The highest BCUT2D eigenvalue weighted by atomic mass is 16.2. The highest BCUT2D eigenvalue weighted by Crippen LogP contribution is 2.38. The van der Waals surface area contributed by atoms with E-state index in [9.17, 15) is 9.59 Å². The normalized spacial score (nSPS) is 18.2. The first-order valence-corrected chi connectivity index (χ1v) is 9.09. The molecule has 0 aliphatic heterocycles. The van der Waals surface area contributed by atoms with Crippen molar-refractivity contribution in [2.45, 2.75) is 26.8 Å². The van der Waals surface area contributed by atoms with E-state index in [1.807, 2.05) is 31.2 Å². The zero-order valence-corrected chi connectivity index (χ0v) is 15.2. The number of carbonyl (C=O) groups is 2. The molecule has 0 saturated heterocycles. The molecule has 5 heteroatoms. The van der Waals surface area contributed by atoms with Gasteiger partial charge in [-0.2, -0.15) is 0 Å². The first-order valence-electron chi connectivity index (χ1n) is 9.09. The Balaban J connectivity index is 1.62. The van der Waals surface area contributed by atoms with Crippen molar-refractivity contribution in [3.05, 3.63) is 59.7 Å². The lowest BCUT2D eigenvalue weighted by molar-refractivity contribution is -0.117. The first kappa shape index (κ1) is 18.1. The third-order valence-electron chi connectivity index (χ3n) is 4.69. The monoisotopic (exact) mass is 351 g/mol. The number of hydrogen-bond acceptors (Lipinski definition) is 3. The van der Waals surface area contributed by atoms with E-state index in [-0.39, 0.29) is 17.7 Å². The summed E-state index contributed by atoms with van der Waals surface area (Å²) < 4.78 is 0. The minimum absolute atomic E-state index is 0.0621. The number of rotatable bonds is 7. The van der Waals surface area contributed by atoms with Gasteiger partial charge in [-0.3, -0.25) is 9.59 Å². The van der Waals surface area contributed by atoms with Gasteiger partial charge < -0.3 is 16.0 Å². The predicted molar refractivity (Wildman–Crippen MR) is 104 cm³/mol. The predicted octanol–water partition coefficient (Wildman–Crippen LogP) is 3.64. The Morgan fingerprint density at radius 1 is 1.04 bits per heavy atom. The third-order valence-corrected chi connectivity index (χ3v) is 4.69. The number of nitrogens with one attached hydrogen (secondary N) is 3. The molecule has 1 fully saturated rings. The average molecular weight is 351 g/mol. The lowest BCUT2D eigenvalue weighted by Crippen LogP contribution is -2.17. The van der Waals surface area contributed by atoms with Crippen molar-refractivity contribution in [3.8, 4) is 0 Å². The van der Waals surface area contributed by atoms with E-state index in [2.05, 4.69) is 22.9 Å². The SMILES string of the molecule is CCNCc1ccccc1NC(=O)c1ccc(NC(=O)C2CC2C)cc1. The van der Waals surface area contributed by atoms with Crippen LogP contribution in [0.1, 0.15) is 36.2 Å². The topological polar surface area (TPSA) is 70.2 Å². The van der Waals surface area contributed by atoms with Crippen LogP contribution in [-0.4, -0.2) is 18.4 Å². The van der Waals surface area contributed by atoms with Gasteiger partial charge in [0.15, 0.2) is 0 Å². The fourth-order valence-electron chi connectivity index (χ4n) is 2.88. The van der Waals surface area contributed by atoms with E-state index in [4.69, 9.17) is 0 Å². The van der Waals surface area contributed by atoms with Crippen LogP contribution in [0.3, 0.4) is 0 Å². The van der Waals surface area contributed by atoms with Gasteiger partial charge in [-0.05, 0) is 54.8 Å². The van der Waals surface area contributed by atoms with Gasteiger partial charge in [0, 0.05) is 29.4 Å². The zero-order valence-electron chi connectivity index (χ0n) is 15.2. The molecular weight excluding hydrogens is 326 g/mol. The van der Waals surface area contributed by atoms with E-state index in [1.165, 1.54) is 0 Å². The highest BCUT2D eigenvalue weighted by molar-refractivity contribution is 6.05. The summed E-state index contributed by atoms with van der Waals surface area (Å²) in [6.45, 7) is 5.70. The molecule has 0 bridgehead atoms. The number of benzene rings is 2. The van der Waals surface area contributed by atoms with Crippen LogP contribution in [0, 0.1) is 11.8 Å². The summed E-state index contributed by atoms with van der Waals surface area (Å²) >= 11 is 0. The van der Waals surface area contributed by atoms with Gasteiger partial charge in [0.25, 0.3) is 5.91 Å². The Morgan fingerprint density at radius 3 is 2.38 bits per heavy atom. The summed E-state index contributed by atoms with van der Waals surface area (Å²) in [6.07, 6.45) is 0.957. The number of para-hydroxylation sites is 1. The molecule has 2 amide bonds. The van der Waals surface area contributed by atoms with Crippen LogP contribution in [0.5, 0.6) is 0 Å². The lowest BCUT2D eigenvalue weighted by atomic mass is 10.1. The second kappa shape index (κ2) is 8.15. The van der Waals surface area contributed by atoms with Crippen molar-refractivity contribution in [1.29, 1.82) is 0 Å². The Bertz CT molecular complexity index is 786. The largest absolute Gasteiger partial charge is 0.326 e. The molecule has 1 saturated carbocycles. The molecule has 26 heavy (non-hydrogen) atoms. The van der Waals surface area contributed by atoms with Gasteiger partial charge in [-0.15, -0.1) is 0 Å². The molecule has 0 spiro atoms. The first-order chi connectivity index (χ1) is 12.6. The van der Waals surface area contributed by atoms with Crippen LogP contribution in [0.4, 0.5) is 11.4 Å². The van der Waals surface area contributed by atoms with Crippen LogP contribution < -0.4 is 16.0 Å². The molecule has 0 heterocycles. The number of carbonyl (C=O) groups excluding carboxylic acids is 2. The minimum Gasteiger partial charge on any atom is -0.326 e. The quantitative estimate of drug-likeness (QED) is 0.713. The molecule has 2 unspecified atom stereocenters. The standard InChI is InChI=1S/C21H25N3O2/c1-3-22-13-16-6-4-5-7-19(16)24-20(25)15-8-10-17(11-9-15)23-21(26)18-12-14(18)2/h4-11,14,18,22H,3,12-13H2,1-2H3,(H,23,26)(H,24,25). The van der Waals surface area contributed by atoms with Crippen LogP contribution in [0.15, 0.2) is 48.5 Å². The van der Waals surface area contributed by atoms with Gasteiger partial charge in [-0.25, -0.2) is 0 Å². The second-order valence-corrected chi connectivity index (χ2v) is 6.78.